The van der Waals surface area contributed by atoms with Gasteiger partial charge in [-0.05, 0) is 73.2 Å². The van der Waals surface area contributed by atoms with Gasteiger partial charge in [-0.25, -0.2) is 4.39 Å². The summed E-state index contributed by atoms with van der Waals surface area (Å²) in [6, 6.07) is 18.4. The molecule has 1 saturated heterocycles. The van der Waals surface area contributed by atoms with Crippen LogP contribution in [0.1, 0.15) is 67.8 Å². The fourth-order valence-corrected chi connectivity index (χ4v) is 6.09. The fraction of sp³-hybridized carbons (Fsp3) is 0.382. The number of likely N-dealkylation sites (N-methyl/N-ethyl adjacent to an activating group) is 1. The van der Waals surface area contributed by atoms with Gasteiger partial charge in [-0.2, -0.15) is 0 Å². The molecule has 1 aliphatic carbocycles. The van der Waals surface area contributed by atoms with Crippen LogP contribution in [0.15, 0.2) is 66.7 Å². The van der Waals surface area contributed by atoms with Crippen LogP contribution >= 0.6 is 0 Å². The number of nitrogens with one attached hydrogen (secondary N) is 2. The number of carbonyl (C=O) groups is 3. The summed E-state index contributed by atoms with van der Waals surface area (Å²) in [6.45, 7) is 4.22. The van der Waals surface area contributed by atoms with Gasteiger partial charge in [0.25, 0.3) is 11.8 Å². The first-order chi connectivity index (χ1) is 20.8. The van der Waals surface area contributed by atoms with Crippen molar-refractivity contribution in [1.82, 2.24) is 10.2 Å². The normalized spacial score (nSPS) is 21.1. The van der Waals surface area contributed by atoms with Gasteiger partial charge in [-0.15, -0.1) is 0 Å². The zero-order chi connectivity index (χ0) is 30.5. The van der Waals surface area contributed by atoms with E-state index in [0.717, 1.165) is 18.9 Å². The lowest BCUT2D eigenvalue weighted by molar-refractivity contribution is -0.134. The third kappa shape index (κ3) is 6.88. The molecule has 3 amide bonds. The van der Waals surface area contributed by atoms with Crippen molar-refractivity contribution in [1.29, 1.82) is 0 Å². The zero-order valence-corrected chi connectivity index (χ0v) is 24.8. The molecule has 0 spiro atoms. The van der Waals surface area contributed by atoms with Gasteiger partial charge in [-0.1, -0.05) is 44.2 Å². The van der Waals surface area contributed by atoms with E-state index in [9.17, 15) is 18.8 Å². The molecule has 9 heteroatoms. The van der Waals surface area contributed by atoms with Crippen molar-refractivity contribution in [2.75, 3.05) is 19.0 Å². The Balaban J connectivity index is 0.00000135. The van der Waals surface area contributed by atoms with Crippen molar-refractivity contribution in [3.63, 3.8) is 0 Å². The van der Waals surface area contributed by atoms with Gasteiger partial charge in [0.15, 0.2) is 0 Å². The lowest BCUT2D eigenvalue weighted by Gasteiger charge is -2.42. The second-order valence-corrected chi connectivity index (χ2v) is 11.0. The molecule has 1 fully saturated rings. The first kappa shape index (κ1) is 30.2. The van der Waals surface area contributed by atoms with Gasteiger partial charge >= 0.3 is 0 Å². The van der Waals surface area contributed by atoms with Crippen LogP contribution in [-0.4, -0.2) is 60.6 Å². The van der Waals surface area contributed by atoms with E-state index in [1.165, 1.54) is 29.3 Å². The molecule has 43 heavy (non-hydrogen) atoms. The van der Waals surface area contributed by atoms with Gasteiger partial charge in [0.2, 0.25) is 5.91 Å². The number of fused-ring (bicyclic) bond motifs is 3. The number of nitrogens with zero attached hydrogens (tertiary/aromatic N) is 1. The number of hydrogen-bond acceptors (Lipinski definition) is 5. The minimum atomic E-state index is -0.507. The Morgan fingerprint density at radius 3 is 2.47 bits per heavy atom. The highest BCUT2D eigenvalue weighted by atomic mass is 19.1. The van der Waals surface area contributed by atoms with E-state index in [0.29, 0.717) is 29.8 Å². The maximum Gasteiger partial charge on any atom is 0.257 e. The van der Waals surface area contributed by atoms with Crippen LogP contribution in [0.2, 0.25) is 0 Å². The van der Waals surface area contributed by atoms with E-state index in [1.54, 1.807) is 30.1 Å². The van der Waals surface area contributed by atoms with Crippen molar-refractivity contribution in [3.05, 3.63) is 94.8 Å². The minimum Gasteiger partial charge on any atom is -0.490 e. The predicted molar refractivity (Wildman–Crippen MR) is 166 cm³/mol. The molecule has 0 radical (unpaired) electrons. The van der Waals surface area contributed by atoms with Crippen molar-refractivity contribution >= 4 is 23.4 Å². The van der Waals surface area contributed by atoms with Crippen molar-refractivity contribution < 1.29 is 31.1 Å². The number of amides is 3. The van der Waals surface area contributed by atoms with E-state index in [1.807, 2.05) is 26.0 Å². The van der Waals surface area contributed by atoms with E-state index in [4.69, 9.17) is 9.47 Å². The highest BCUT2D eigenvalue weighted by Gasteiger charge is 2.39. The summed E-state index contributed by atoms with van der Waals surface area (Å²) < 4.78 is 25.9. The number of carbonyl (C=O) groups excluding carboxylic acids is 3. The molecule has 0 aromatic heterocycles. The minimum absolute atomic E-state index is 0. The van der Waals surface area contributed by atoms with Crippen molar-refractivity contribution in [2.24, 2.45) is 0 Å². The molecule has 230 valence electrons. The van der Waals surface area contributed by atoms with Gasteiger partial charge in [0.05, 0.1) is 24.1 Å². The Morgan fingerprint density at radius 2 is 1.74 bits per heavy atom. The molecule has 0 unspecified atom stereocenters. The highest BCUT2D eigenvalue weighted by molar-refractivity contribution is 6.05. The molecule has 3 aromatic rings. The second-order valence-electron chi connectivity index (χ2n) is 11.0. The smallest absolute Gasteiger partial charge is 0.257 e. The van der Waals surface area contributed by atoms with Gasteiger partial charge < -0.3 is 25.0 Å². The average Bonchev–Trinajstić information content (AvgIpc) is 3.42. The first-order valence-corrected chi connectivity index (χ1v) is 15.0. The highest BCUT2D eigenvalue weighted by Crippen LogP contribution is 2.33. The monoisotopic (exact) mass is 591 g/mol. The summed E-state index contributed by atoms with van der Waals surface area (Å²) in [5.41, 5.74) is 3.47. The molecule has 0 bridgehead atoms. The van der Waals surface area contributed by atoms with Gasteiger partial charge in [-0.3, -0.25) is 14.4 Å². The zero-order valence-electron chi connectivity index (χ0n) is 24.8. The van der Waals surface area contributed by atoms with Crippen molar-refractivity contribution in [2.45, 2.75) is 70.2 Å². The van der Waals surface area contributed by atoms with Crippen LogP contribution < -0.4 is 15.4 Å². The molecule has 2 N–H and O–H groups in total. The number of benzene rings is 3. The molecule has 2 heterocycles. The SMILES string of the molecule is CC.CN1C(=O)c2cc(NC(=O)c3cccc(F)c3)ccc2OC[C@@H]2O[C@H](CC(=O)NC3Cc4ccccc4C3)CC[C@@H]21.[HH].[HH]. The number of anilines is 1. The maximum absolute atomic E-state index is 13.5. The van der Waals surface area contributed by atoms with E-state index in [2.05, 4.69) is 22.8 Å². The first-order valence-electron chi connectivity index (χ1n) is 15.0. The van der Waals surface area contributed by atoms with Gasteiger partial charge in [0, 0.05) is 27.2 Å². The Bertz CT molecular complexity index is 1480. The lowest BCUT2D eigenvalue weighted by atomic mass is 9.94. The topological polar surface area (TPSA) is 97.0 Å². The van der Waals surface area contributed by atoms with Crippen LogP contribution in [0, 0.1) is 5.82 Å². The molecule has 3 aromatic carbocycles. The number of halogens is 1. The lowest BCUT2D eigenvalue weighted by Crippen LogP contribution is -2.54. The summed E-state index contributed by atoms with van der Waals surface area (Å²) in [6.07, 6.45) is 2.63. The fourth-order valence-electron chi connectivity index (χ4n) is 6.09. The van der Waals surface area contributed by atoms with E-state index < -0.39 is 11.7 Å². The summed E-state index contributed by atoms with van der Waals surface area (Å²) >= 11 is 0. The standard InChI is InChI=1S/C32H32FN3O5.C2H6.2H2/c1-36-27-11-10-25(17-30(37)34-24-14-19-5-2-3-6-20(19)15-24)41-29(27)18-40-28-12-9-23(16-26(28)32(36)39)35-31(38)21-7-4-8-22(33)13-21;1-2;;/h2-9,12-13,16,24-25,27,29H,10-11,14-15,17-18H2,1H3,(H,34,37)(H,35,38);1-2H3;2*1H/t25-,27-,29-;;;/m0.../s1. The Kier molecular flexibility index (Phi) is 9.40. The maximum atomic E-state index is 13.5. The third-order valence-corrected chi connectivity index (χ3v) is 8.19. The summed E-state index contributed by atoms with van der Waals surface area (Å²) in [5, 5.41) is 5.89. The molecular weight excluding hydrogens is 549 g/mol. The number of hydrogen-bond donors (Lipinski definition) is 2. The summed E-state index contributed by atoms with van der Waals surface area (Å²) in [4.78, 5) is 40.6. The van der Waals surface area contributed by atoms with Crippen LogP contribution in [-0.2, 0) is 22.4 Å². The van der Waals surface area contributed by atoms with Crippen LogP contribution in [0.5, 0.6) is 5.75 Å². The van der Waals surface area contributed by atoms with E-state index in [-0.39, 0.29) is 57.6 Å². The second kappa shape index (κ2) is 13.4. The molecule has 8 nitrogen and oxygen atoms in total. The molecule has 0 saturated carbocycles. The third-order valence-electron chi connectivity index (χ3n) is 8.19. The molecule has 2 aliphatic heterocycles. The molecule has 6 rings (SSSR count). The Labute approximate surface area is 254 Å². The quantitative estimate of drug-likeness (QED) is 0.400. The van der Waals surface area contributed by atoms with Crippen LogP contribution in [0.4, 0.5) is 10.1 Å². The largest absolute Gasteiger partial charge is 0.490 e. The number of rotatable bonds is 5. The predicted octanol–water partition coefficient (Wildman–Crippen LogP) is 5.65. The Morgan fingerprint density at radius 1 is 1.00 bits per heavy atom. The molecular formula is C34H42FN3O5. The average molecular weight is 592 g/mol. The van der Waals surface area contributed by atoms with Gasteiger partial charge in [0.1, 0.15) is 24.3 Å². The van der Waals surface area contributed by atoms with Crippen LogP contribution in [0.25, 0.3) is 0 Å². The van der Waals surface area contributed by atoms with E-state index >= 15 is 0 Å². The summed E-state index contributed by atoms with van der Waals surface area (Å²) in [7, 11) is 1.74. The molecule has 3 aliphatic rings. The molecule has 3 atom stereocenters. The van der Waals surface area contributed by atoms with Crippen LogP contribution in [0.3, 0.4) is 0 Å². The summed E-state index contributed by atoms with van der Waals surface area (Å²) in [5.74, 6) is -0.885. The Hall–Kier alpha value is -4.24. The van der Waals surface area contributed by atoms with Crippen molar-refractivity contribution in [3.8, 4) is 5.75 Å². The number of ether oxygens (including phenoxy) is 2.